The van der Waals surface area contributed by atoms with Crippen molar-refractivity contribution in [3.63, 3.8) is 0 Å². The molecule has 166 valence electrons. The van der Waals surface area contributed by atoms with E-state index in [9.17, 15) is 14.7 Å². The average Bonchev–Trinajstić information content (AvgIpc) is 3.08. The predicted octanol–water partition coefficient (Wildman–Crippen LogP) is 5.23. The molecule has 0 saturated heterocycles. The van der Waals surface area contributed by atoms with Gasteiger partial charge in [-0.2, -0.15) is 0 Å². The largest absolute Gasteiger partial charge is 0.497 e. The zero-order chi connectivity index (χ0) is 23.4. The summed E-state index contributed by atoms with van der Waals surface area (Å²) in [5.41, 5.74) is 2.74. The molecule has 8 nitrogen and oxygen atoms in total. The third kappa shape index (κ3) is 4.74. The monoisotopic (exact) mass is 442 g/mol. The molecule has 2 amide bonds. The highest BCUT2D eigenvalue weighted by Crippen LogP contribution is 2.38. The number of carbonyl (C=O) groups is 2. The number of para-hydroxylation sites is 1. The smallest absolute Gasteiger partial charge is 0.295 e. The van der Waals surface area contributed by atoms with Gasteiger partial charge in [-0.1, -0.05) is 30.3 Å². The SMILES string of the molecule is COc1ccc(C(=O)N=Nc2c(O)n(CC(=O)Nc3cccc(C)c3)c3ccccc23)cc1. The number of carbonyl (C=O) groups excluding carboxylic acids is 2. The van der Waals surface area contributed by atoms with E-state index in [2.05, 4.69) is 15.5 Å². The fourth-order valence-electron chi connectivity index (χ4n) is 3.48. The van der Waals surface area contributed by atoms with Crippen LogP contribution in [0.5, 0.6) is 11.6 Å². The van der Waals surface area contributed by atoms with Crippen LogP contribution in [0.25, 0.3) is 10.9 Å². The second-order valence-electron chi connectivity index (χ2n) is 7.43. The van der Waals surface area contributed by atoms with E-state index in [-0.39, 0.29) is 24.0 Å². The molecule has 33 heavy (non-hydrogen) atoms. The van der Waals surface area contributed by atoms with Crippen LogP contribution in [-0.2, 0) is 11.3 Å². The maximum Gasteiger partial charge on any atom is 0.295 e. The molecule has 0 aliphatic carbocycles. The summed E-state index contributed by atoms with van der Waals surface area (Å²) in [5.74, 6) is -0.504. The lowest BCUT2D eigenvalue weighted by Crippen LogP contribution is -2.18. The van der Waals surface area contributed by atoms with Crippen molar-refractivity contribution < 1.29 is 19.4 Å². The van der Waals surface area contributed by atoms with Crippen LogP contribution in [0, 0.1) is 6.92 Å². The zero-order valence-corrected chi connectivity index (χ0v) is 18.1. The Kier molecular flexibility index (Phi) is 6.17. The number of aromatic hydroxyl groups is 1. The Bertz CT molecular complexity index is 1360. The summed E-state index contributed by atoms with van der Waals surface area (Å²) in [6.07, 6.45) is 0. The number of amides is 2. The summed E-state index contributed by atoms with van der Waals surface area (Å²) >= 11 is 0. The van der Waals surface area contributed by atoms with Crippen LogP contribution in [0.2, 0.25) is 0 Å². The lowest BCUT2D eigenvalue weighted by atomic mass is 10.2. The number of nitrogens with one attached hydrogen (secondary N) is 1. The molecule has 0 unspecified atom stereocenters. The molecular weight excluding hydrogens is 420 g/mol. The summed E-state index contributed by atoms with van der Waals surface area (Å²) in [5, 5.41) is 22.0. The van der Waals surface area contributed by atoms with E-state index in [0.717, 1.165) is 5.56 Å². The van der Waals surface area contributed by atoms with Crippen molar-refractivity contribution in [3.8, 4) is 11.6 Å². The normalized spacial score (nSPS) is 11.1. The van der Waals surface area contributed by atoms with Gasteiger partial charge in [0, 0.05) is 16.6 Å². The van der Waals surface area contributed by atoms with E-state index in [4.69, 9.17) is 4.74 Å². The number of hydrogen-bond acceptors (Lipinski definition) is 5. The van der Waals surface area contributed by atoms with Gasteiger partial charge in [-0.15, -0.1) is 10.2 Å². The van der Waals surface area contributed by atoms with Crippen LogP contribution in [0.3, 0.4) is 0 Å². The van der Waals surface area contributed by atoms with Crippen LogP contribution in [0.15, 0.2) is 83.0 Å². The van der Waals surface area contributed by atoms with E-state index in [0.29, 0.717) is 27.9 Å². The van der Waals surface area contributed by atoms with Crippen molar-refractivity contribution in [3.05, 3.63) is 83.9 Å². The number of benzene rings is 3. The van der Waals surface area contributed by atoms with Crippen molar-refractivity contribution in [2.24, 2.45) is 10.2 Å². The third-order valence-electron chi connectivity index (χ3n) is 5.10. The summed E-state index contributed by atoms with van der Waals surface area (Å²) in [4.78, 5) is 25.1. The maximum atomic E-state index is 12.6. The van der Waals surface area contributed by atoms with E-state index >= 15 is 0 Å². The van der Waals surface area contributed by atoms with Gasteiger partial charge < -0.3 is 19.7 Å². The molecule has 4 rings (SSSR count). The second kappa shape index (κ2) is 9.35. The summed E-state index contributed by atoms with van der Waals surface area (Å²) in [6, 6.07) is 21.0. The number of anilines is 1. The lowest BCUT2D eigenvalue weighted by molar-refractivity contribution is -0.116. The van der Waals surface area contributed by atoms with Crippen molar-refractivity contribution >= 4 is 34.1 Å². The number of fused-ring (bicyclic) bond motifs is 1. The number of hydrogen-bond donors (Lipinski definition) is 2. The number of nitrogens with zero attached hydrogens (tertiary/aromatic N) is 3. The molecule has 8 heteroatoms. The zero-order valence-electron chi connectivity index (χ0n) is 18.1. The first-order valence-electron chi connectivity index (χ1n) is 10.2. The van der Waals surface area contributed by atoms with Crippen molar-refractivity contribution in [2.45, 2.75) is 13.5 Å². The first kappa shape index (κ1) is 21.8. The second-order valence-corrected chi connectivity index (χ2v) is 7.43. The number of rotatable bonds is 6. The summed E-state index contributed by atoms with van der Waals surface area (Å²) in [7, 11) is 1.54. The van der Waals surface area contributed by atoms with E-state index < -0.39 is 5.91 Å². The molecule has 0 atom stereocenters. The molecule has 0 radical (unpaired) electrons. The topological polar surface area (TPSA) is 105 Å². The van der Waals surface area contributed by atoms with Gasteiger partial charge >= 0.3 is 0 Å². The molecule has 0 aliphatic rings. The Morgan fingerprint density at radius 3 is 2.52 bits per heavy atom. The highest BCUT2D eigenvalue weighted by molar-refractivity contribution is 5.99. The fourth-order valence-corrected chi connectivity index (χ4v) is 3.48. The van der Waals surface area contributed by atoms with Gasteiger partial charge in [0.2, 0.25) is 11.8 Å². The number of azo groups is 1. The standard InChI is InChI=1S/C25H22N4O4/c1-16-6-5-7-18(14-16)26-22(30)15-29-21-9-4-3-8-20(21)23(25(29)32)27-28-24(31)17-10-12-19(33-2)13-11-17/h3-14,32H,15H2,1-2H3,(H,26,30). The Labute approximate surface area is 190 Å². The molecular formula is C25H22N4O4. The van der Waals surface area contributed by atoms with Crippen LogP contribution in [-0.4, -0.2) is 28.6 Å². The molecule has 2 N–H and O–H groups in total. The molecule has 0 spiro atoms. The molecule has 0 saturated carbocycles. The summed E-state index contributed by atoms with van der Waals surface area (Å²) in [6.45, 7) is 1.80. The molecule has 1 heterocycles. The van der Waals surface area contributed by atoms with Gasteiger partial charge in [0.1, 0.15) is 12.3 Å². The Hall–Kier alpha value is -4.46. The van der Waals surface area contributed by atoms with Crippen LogP contribution < -0.4 is 10.1 Å². The Morgan fingerprint density at radius 2 is 1.79 bits per heavy atom. The highest BCUT2D eigenvalue weighted by atomic mass is 16.5. The van der Waals surface area contributed by atoms with Crippen LogP contribution in [0.1, 0.15) is 15.9 Å². The number of methoxy groups -OCH3 is 1. The Balaban J connectivity index is 1.60. The maximum absolute atomic E-state index is 12.6. The van der Waals surface area contributed by atoms with Crippen molar-refractivity contribution in [1.82, 2.24) is 4.57 Å². The number of aryl methyl sites for hydroxylation is 1. The third-order valence-corrected chi connectivity index (χ3v) is 5.10. The quantitative estimate of drug-likeness (QED) is 0.399. The first-order valence-corrected chi connectivity index (χ1v) is 10.2. The predicted molar refractivity (Wildman–Crippen MR) is 125 cm³/mol. The molecule has 0 bridgehead atoms. The van der Waals surface area contributed by atoms with E-state index in [1.165, 1.54) is 11.7 Å². The van der Waals surface area contributed by atoms with Gasteiger partial charge in [-0.05, 0) is 55.0 Å². The van der Waals surface area contributed by atoms with Crippen LogP contribution >= 0.6 is 0 Å². The van der Waals surface area contributed by atoms with Crippen molar-refractivity contribution in [2.75, 3.05) is 12.4 Å². The minimum atomic E-state index is -0.564. The van der Waals surface area contributed by atoms with Gasteiger partial charge in [0.15, 0.2) is 5.69 Å². The van der Waals surface area contributed by atoms with E-state index in [1.54, 1.807) is 54.6 Å². The molecule has 0 aliphatic heterocycles. The lowest BCUT2D eigenvalue weighted by Gasteiger charge is -2.09. The Morgan fingerprint density at radius 1 is 1.03 bits per heavy atom. The highest BCUT2D eigenvalue weighted by Gasteiger charge is 2.19. The van der Waals surface area contributed by atoms with Gasteiger partial charge in [0.05, 0.1) is 12.6 Å². The first-order chi connectivity index (χ1) is 16.0. The van der Waals surface area contributed by atoms with Gasteiger partial charge in [0.25, 0.3) is 5.91 Å². The molecule has 4 aromatic rings. The molecule has 0 fully saturated rings. The fraction of sp³-hybridized carbons (Fsp3) is 0.120. The van der Waals surface area contributed by atoms with E-state index in [1.807, 2.05) is 25.1 Å². The van der Waals surface area contributed by atoms with Crippen molar-refractivity contribution in [1.29, 1.82) is 0 Å². The summed E-state index contributed by atoms with van der Waals surface area (Å²) < 4.78 is 6.52. The van der Waals surface area contributed by atoms with Gasteiger partial charge in [-0.3, -0.25) is 9.59 Å². The number of aromatic nitrogens is 1. The molecule has 1 aromatic heterocycles. The average molecular weight is 442 g/mol. The molecule has 3 aromatic carbocycles. The minimum absolute atomic E-state index is 0.121. The number of ether oxygens (including phenoxy) is 1. The minimum Gasteiger partial charge on any atom is -0.497 e. The van der Waals surface area contributed by atoms with Gasteiger partial charge in [-0.25, -0.2) is 0 Å². The van der Waals surface area contributed by atoms with Crippen LogP contribution in [0.4, 0.5) is 11.4 Å².